The van der Waals surface area contributed by atoms with E-state index in [-0.39, 0.29) is 10.8 Å². The first-order valence-corrected chi connectivity index (χ1v) is 12.4. The summed E-state index contributed by atoms with van der Waals surface area (Å²) in [5.41, 5.74) is 1.23. The first-order chi connectivity index (χ1) is 13.0. The average molecular weight is 425 g/mol. The number of amides is 1. The fraction of sp³-hybridized carbons (Fsp3) is 0.421. The normalized spacial score (nSPS) is 15.6. The molecule has 3 rings (SSSR count). The summed E-state index contributed by atoms with van der Waals surface area (Å²) >= 11 is 3.22. The van der Waals surface area contributed by atoms with E-state index in [2.05, 4.69) is 5.32 Å². The van der Waals surface area contributed by atoms with Gasteiger partial charge in [-0.3, -0.25) is 4.79 Å². The molecule has 5 nitrogen and oxygen atoms in total. The fourth-order valence-electron chi connectivity index (χ4n) is 3.04. The van der Waals surface area contributed by atoms with Crippen LogP contribution in [0.25, 0.3) is 0 Å². The van der Waals surface area contributed by atoms with Crippen molar-refractivity contribution in [2.45, 2.75) is 36.8 Å². The van der Waals surface area contributed by atoms with E-state index in [4.69, 9.17) is 0 Å². The molecule has 2 heterocycles. The van der Waals surface area contributed by atoms with E-state index in [0.717, 1.165) is 25.0 Å². The molecule has 0 saturated carbocycles. The molecule has 1 aliphatic rings. The molecule has 8 heteroatoms. The van der Waals surface area contributed by atoms with Gasteiger partial charge < -0.3 is 5.32 Å². The number of aryl methyl sites for hydroxylation is 1. The molecule has 0 bridgehead atoms. The van der Waals surface area contributed by atoms with Crippen LogP contribution in [0.5, 0.6) is 0 Å². The van der Waals surface area contributed by atoms with Gasteiger partial charge in [0, 0.05) is 29.4 Å². The van der Waals surface area contributed by atoms with E-state index >= 15 is 0 Å². The third-order valence-corrected chi connectivity index (χ3v) is 8.54. The zero-order valence-electron chi connectivity index (χ0n) is 15.3. The topological polar surface area (TPSA) is 66.5 Å². The first kappa shape index (κ1) is 20.4. The van der Waals surface area contributed by atoms with Crippen molar-refractivity contribution < 1.29 is 13.2 Å². The van der Waals surface area contributed by atoms with Crippen molar-refractivity contribution in [2.24, 2.45) is 0 Å². The molecule has 1 aromatic heterocycles. The number of carbonyl (C=O) groups is 1. The van der Waals surface area contributed by atoms with Crippen LogP contribution in [-0.2, 0) is 20.6 Å². The maximum absolute atomic E-state index is 13.0. The lowest BCUT2D eigenvalue weighted by Crippen LogP contribution is -2.36. The maximum atomic E-state index is 13.0. The van der Waals surface area contributed by atoms with Gasteiger partial charge in [0.2, 0.25) is 15.9 Å². The molecule has 1 fully saturated rings. The Morgan fingerprint density at radius 2 is 2.00 bits per heavy atom. The van der Waals surface area contributed by atoms with Crippen molar-refractivity contribution in [1.82, 2.24) is 4.31 Å². The highest BCUT2D eigenvalue weighted by Gasteiger charge is 2.27. The molecular formula is C19H24N2O3S3. The Balaban J connectivity index is 1.64. The largest absolute Gasteiger partial charge is 0.325 e. The van der Waals surface area contributed by atoms with Gasteiger partial charge in [-0.25, -0.2) is 8.42 Å². The second kappa shape index (κ2) is 9.23. The lowest BCUT2D eigenvalue weighted by atomic mass is 10.2. The second-order valence-corrected chi connectivity index (χ2v) is 10.5. The molecule has 1 aromatic carbocycles. The van der Waals surface area contributed by atoms with Crippen molar-refractivity contribution in [3.05, 3.63) is 46.2 Å². The third kappa shape index (κ3) is 5.34. The molecule has 27 heavy (non-hydrogen) atoms. The van der Waals surface area contributed by atoms with Crippen LogP contribution in [0, 0.1) is 6.92 Å². The lowest BCUT2D eigenvalue weighted by Gasteiger charge is -2.26. The molecule has 1 N–H and O–H groups in total. The molecule has 0 aliphatic carbocycles. The predicted octanol–water partition coefficient (Wildman–Crippen LogP) is 4.10. The number of nitrogens with zero attached hydrogens (tertiary/aromatic N) is 1. The molecule has 1 saturated heterocycles. The van der Waals surface area contributed by atoms with Gasteiger partial charge >= 0.3 is 0 Å². The van der Waals surface area contributed by atoms with Crippen molar-refractivity contribution in [1.29, 1.82) is 0 Å². The summed E-state index contributed by atoms with van der Waals surface area (Å²) in [6.07, 6.45) is 2.87. The highest BCUT2D eigenvalue weighted by molar-refractivity contribution is 7.99. The fourth-order valence-corrected chi connectivity index (χ4v) is 6.47. The van der Waals surface area contributed by atoms with Crippen molar-refractivity contribution in [2.75, 3.05) is 24.2 Å². The number of thioether (sulfide) groups is 1. The average Bonchev–Trinajstić information content (AvgIpc) is 3.17. The summed E-state index contributed by atoms with van der Waals surface area (Å²) in [5, 5.41) is 4.85. The second-order valence-electron chi connectivity index (χ2n) is 6.57. The minimum atomic E-state index is -3.52. The van der Waals surface area contributed by atoms with Crippen LogP contribution >= 0.6 is 23.1 Å². The molecule has 1 amide bonds. The smallest absolute Gasteiger partial charge is 0.243 e. The van der Waals surface area contributed by atoms with Crippen molar-refractivity contribution in [3.8, 4) is 0 Å². The maximum Gasteiger partial charge on any atom is 0.243 e. The van der Waals surface area contributed by atoms with E-state index in [0.29, 0.717) is 30.1 Å². The molecular weight excluding hydrogens is 400 g/mol. The number of rotatable bonds is 7. The van der Waals surface area contributed by atoms with Crippen LogP contribution in [0.1, 0.15) is 29.7 Å². The Hall–Kier alpha value is -1.35. The summed E-state index contributed by atoms with van der Waals surface area (Å²) in [5.74, 6) is 1.01. The Labute approximate surface area is 169 Å². The van der Waals surface area contributed by atoms with E-state index < -0.39 is 10.0 Å². The van der Waals surface area contributed by atoms with Crippen LogP contribution in [0.15, 0.2) is 40.6 Å². The van der Waals surface area contributed by atoms with Gasteiger partial charge in [-0.15, -0.1) is 23.1 Å². The molecule has 0 atom stereocenters. The standard InChI is InChI=1S/C19H24N2O3S3/c1-15-7-8-16(20-19(22)14-25-13-17-6-5-11-26-17)12-18(15)27(23,24)21-9-3-2-4-10-21/h5-8,11-12H,2-4,9-10,13-14H2,1H3,(H,20,22). The van der Waals surface area contributed by atoms with Gasteiger partial charge in [0.25, 0.3) is 0 Å². The number of piperidine rings is 1. The van der Waals surface area contributed by atoms with Crippen molar-refractivity contribution >= 4 is 44.7 Å². The molecule has 2 aromatic rings. The number of hydrogen-bond acceptors (Lipinski definition) is 5. The van der Waals surface area contributed by atoms with Gasteiger partial charge in [0.05, 0.1) is 10.6 Å². The number of sulfonamides is 1. The van der Waals surface area contributed by atoms with Crippen LogP contribution < -0.4 is 5.32 Å². The van der Waals surface area contributed by atoms with Crippen LogP contribution in [-0.4, -0.2) is 37.5 Å². The number of benzene rings is 1. The van der Waals surface area contributed by atoms with E-state index in [1.807, 2.05) is 17.5 Å². The van der Waals surface area contributed by atoms with E-state index in [1.54, 1.807) is 52.5 Å². The zero-order valence-corrected chi connectivity index (χ0v) is 17.8. The molecule has 0 radical (unpaired) electrons. The molecule has 0 spiro atoms. The van der Waals surface area contributed by atoms with E-state index in [9.17, 15) is 13.2 Å². The highest BCUT2D eigenvalue weighted by Crippen LogP contribution is 2.26. The number of hydrogen-bond donors (Lipinski definition) is 1. The summed E-state index contributed by atoms with van der Waals surface area (Å²) in [6, 6.07) is 9.14. The van der Waals surface area contributed by atoms with Gasteiger partial charge in [0.1, 0.15) is 0 Å². The highest BCUT2D eigenvalue weighted by atomic mass is 32.2. The van der Waals surface area contributed by atoms with Crippen LogP contribution in [0.2, 0.25) is 0 Å². The van der Waals surface area contributed by atoms with Crippen LogP contribution in [0.4, 0.5) is 5.69 Å². The SMILES string of the molecule is Cc1ccc(NC(=O)CSCc2cccs2)cc1S(=O)(=O)N1CCCCC1. The number of thiophene rings is 1. The Morgan fingerprint density at radius 1 is 1.22 bits per heavy atom. The minimum absolute atomic E-state index is 0.123. The monoisotopic (exact) mass is 424 g/mol. The first-order valence-electron chi connectivity index (χ1n) is 8.97. The van der Waals surface area contributed by atoms with Gasteiger partial charge in [-0.05, 0) is 48.9 Å². The van der Waals surface area contributed by atoms with Gasteiger partial charge in [0.15, 0.2) is 0 Å². The summed E-state index contributed by atoms with van der Waals surface area (Å²) in [7, 11) is -3.52. The zero-order chi connectivity index (χ0) is 19.3. The quantitative estimate of drug-likeness (QED) is 0.727. The Kier molecular flexibility index (Phi) is 6.97. The van der Waals surface area contributed by atoms with Crippen LogP contribution in [0.3, 0.4) is 0 Å². The predicted molar refractivity (Wildman–Crippen MR) is 113 cm³/mol. The third-order valence-electron chi connectivity index (χ3n) is 4.46. The molecule has 1 aliphatic heterocycles. The molecule has 146 valence electrons. The van der Waals surface area contributed by atoms with Gasteiger partial charge in [-0.1, -0.05) is 18.6 Å². The van der Waals surface area contributed by atoms with E-state index in [1.165, 1.54) is 4.88 Å². The number of nitrogens with one attached hydrogen (secondary N) is 1. The van der Waals surface area contributed by atoms with Gasteiger partial charge in [-0.2, -0.15) is 4.31 Å². The molecule has 0 unspecified atom stereocenters. The summed E-state index contributed by atoms with van der Waals surface area (Å²) < 4.78 is 27.5. The summed E-state index contributed by atoms with van der Waals surface area (Å²) in [6.45, 7) is 2.93. The lowest BCUT2D eigenvalue weighted by molar-refractivity contribution is -0.113. The number of carbonyl (C=O) groups excluding carboxylic acids is 1. The number of anilines is 1. The van der Waals surface area contributed by atoms with Crippen molar-refractivity contribution in [3.63, 3.8) is 0 Å². The Morgan fingerprint density at radius 3 is 2.70 bits per heavy atom. The minimum Gasteiger partial charge on any atom is -0.325 e. The summed E-state index contributed by atoms with van der Waals surface area (Å²) in [4.78, 5) is 13.7. The Bertz CT molecular complexity index is 874.